The minimum atomic E-state index is -3.56. The highest BCUT2D eigenvalue weighted by molar-refractivity contribution is 7.93. The van der Waals surface area contributed by atoms with Crippen LogP contribution >= 0.6 is 0 Å². The van der Waals surface area contributed by atoms with Crippen LogP contribution in [0, 0.1) is 0 Å². The summed E-state index contributed by atoms with van der Waals surface area (Å²) in [6.45, 7) is 0. The molecule has 0 bridgehead atoms. The first-order chi connectivity index (χ1) is 9.95. The molecule has 1 fully saturated rings. The summed E-state index contributed by atoms with van der Waals surface area (Å²) in [5.74, 6) is -1.13. The first-order valence-corrected chi connectivity index (χ1v) is 8.09. The molecule has 0 amide bonds. The Morgan fingerprint density at radius 2 is 1.76 bits per heavy atom. The van der Waals surface area contributed by atoms with Gasteiger partial charge in [-0.3, -0.25) is 0 Å². The summed E-state index contributed by atoms with van der Waals surface area (Å²) >= 11 is 0. The van der Waals surface area contributed by atoms with Crippen molar-refractivity contribution in [3.63, 3.8) is 0 Å². The molecule has 0 aromatic heterocycles. The van der Waals surface area contributed by atoms with E-state index < -0.39 is 20.6 Å². The summed E-state index contributed by atoms with van der Waals surface area (Å²) in [7, 11) is -3.56. The molecule has 0 saturated heterocycles. The van der Waals surface area contributed by atoms with Crippen LogP contribution in [-0.2, 0) is 14.6 Å². The first-order valence-electron chi connectivity index (χ1n) is 6.60. The average molecular weight is 302 g/mol. The predicted molar refractivity (Wildman–Crippen MR) is 79.9 cm³/mol. The number of benzene rings is 2. The second-order valence-corrected chi connectivity index (χ2v) is 7.54. The molecule has 1 N–H and O–H groups in total. The van der Waals surface area contributed by atoms with E-state index in [-0.39, 0.29) is 4.90 Å². The molecule has 108 valence electrons. The van der Waals surface area contributed by atoms with E-state index in [1.807, 2.05) is 24.3 Å². The Morgan fingerprint density at radius 1 is 1.10 bits per heavy atom. The highest BCUT2D eigenvalue weighted by Crippen LogP contribution is 2.48. The third-order valence-electron chi connectivity index (χ3n) is 3.84. The first kappa shape index (κ1) is 13.8. The summed E-state index contributed by atoms with van der Waals surface area (Å²) in [5, 5.41) is 10.5. The zero-order chi connectivity index (χ0) is 15.1. The van der Waals surface area contributed by atoms with E-state index in [4.69, 9.17) is 5.11 Å². The Kier molecular flexibility index (Phi) is 3.10. The largest absolute Gasteiger partial charge is 0.478 e. The van der Waals surface area contributed by atoms with Gasteiger partial charge in [0.25, 0.3) is 0 Å². The minimum absolute atomic E-state index is 0.244. The van der Waals surface area contributed by atoms with Gasteiger partial charge in [-0.15, -0.1) is 0 Å². The molecule has 0 unspecified atom stereocenters. The average Bonchev–Trinajstić information content (AvgIpc) is 3.26. The Balaban J connectivity index is 2.06. The van der Waals surface area contributed by atoms with E-state index in [0.717, 1.165) is 16.8 Å². The summed E-state index contributed by atoms with van der Waals surface area (Å²) in [6, 6.07) is 12.6. The summed E-state index contributed by atoms with van der Waals surface area (Å²) in [6.07, 6.45) is 3.16. The Morgan fingerprint density at radius 3 is 2.38 bits per heavy atom. The molecule has 1 aliphatic rings. The van der Waals surface area contributed by atoms with Gasteiger partial charge in [-0.25, -0.2) is 13.2 Å². The molecular weight excluding hydrogens is 288 g/mol. The van der Waals surface area contributed by atoms with Crippen molar-refractivity contribution in [3.05, 3.63) is 54.6 Å². The standard InChI is InChI=1S/C16H14O4S/c17-15(18)7-8-16(9-10-16)21(19,20)14-6-5-12-3-1-2-4-13(12)11-14/h1-8,11H,9-10H2,(H,17,18). The Hall–Kier alpha value is -2.14. The van der Waals surface area contributed by atoms with Gasteiger partial charge in [0, 0.05) is 6.08 Å². The molecular formula is C16H14O4S. The zero-order valence-electron chi connectivity index (χ0n) is 11.2. The maximum Gasteiger partial charge on any atom is 0.328 e. The van der Waals surface area contributed by atoms with Crippen molar-refractivity contribution in [1.29, 1.82) is 0 Å². The Bertz CT molecular complexity index is 845. The normalized spacial score (nSPS) is 17.1. The highest BCUT2D eigenvalue weighted by Gasteiger charge is 2.53. The van der Waals surface area contributed by atoms with E-state index >= 15 is 0 Å². The lowest BCUT2D eigenvalue weighted by Crippen LogP contribution is -2.21. The topological polar surface area (TPSA) is 71.4 Å². The number of rotatable bonds is 4. The second-order valence-electron chi connectivity index (χ2n) is 5.25. The fraction of sp³-hybridized carbons (Fsp3) is 0.188. The summed E-state index contributed by atoms with van der Waals surface area (Å²) < 4.78 is 24.4. The van der Waals surface area contributed by atoms with Crippen LogP contribution in [-0.4, -0.2) is 24.2 Å². The van der Waals surface area contributed by atoms with Crippen molar-refractivity contribution >= 4 is 26.6 Å². The van der Waals surface area contributed by atoms with E-state index in [2.05, 4.69) is 0 Å². The smallest absolute Gasteiger partial charge is 0.328 e. The molecule has 4 nitrogen and oxygen atoms in total. The number of hydrogen-bond donors (Lipinski definition) is 1. The van der Waals surface area contributed by atoms with Gasteiger partial charge in [0.05, 0.1) is 9.64 Å². The number of carbonyl (C=O) groups is 1. The van der Waals surface area contributed by atoms with Crippen molar-refractivity contribution < 1.29 is 18.3 Å². The van der Waals surface area contributed by atoms with Crippen LogP contribution < -0.4 is 0 Å². The molecule has 0 radical (unpaired) electrons. The molecule has 1 saturated carbocycles. The summed E-state index contributed by atoms with van der Waals surface area (Å²) in [5.41, 5.74) is 0. The summed E-state index contributed by atoms with van der Waals surface area (Å²) in [4.78, 5) is 10.9. The van der Waals surface area contributed by atoms with E-state index in [9.17, 15) is 13.2 Å². The van der Waals surface area contributed by atoms with Crippen LogP contribution in [0.25, 0.3) is 10.8 Å². The van der Waals surface area contributed by atoms with Gasteiger partial charge in [-0.1, -0.05) is 36.4 Å². The molecule has 0 atom stereocenters. The van der Waals surface area contributed by atoms with Gasteiger partial charge in [-0.2, -0.15) is 0 Å². The number of fused-ring (bicyclic) bond motifs is 1. The quantitative estimate of drug-likeness (QED) is 0.882. The van der Waals surface area contributed by atoms with Gasteiger partial charge in [-0.05, 0) is 35.7 Å². The molecule has 0 heterocycles. The second kappa shape index (κ2) is 4.70. The monoisotopic (exact) mass is 302 g/mol. The van der Waals surface area contributed by atoms with Gasteiger partial charge < -0.3 is 5.11 Å². The highest BCUT2D eigenvalue weighted by atomic mass is 32.2. The van der Waals surface area contributed by atoms with Crippen LogP contribution in [0.5, 0.6) is 0 Å². The molecule has 3 rings (SSSR count). The number of carboxylic acid groups (broad SMARTS) is 1. The van der Waals surface area contributed by atoms with Crippen molar-refractivity contribution in [3.8, 4) is 0 Å². The van der Waals surface area contributed by atoms with E-state index in [0.29, 0.717) is 12.8 Å². The molecule has 5 heteroatoms. The number of aliphatic carboxylic acids is 1. The van der Waals surface area contributed by atoms with Crippen molar-refractivity contribution in [1.82, 2.24) is 0 Å². The SMILES string of the molecule is O=C(O)C=CC1(S(=O)(=O)c2ccc3ccccc3c2)CC1. The number of hydrogen-bond acceptors (Lipinski definition) is 3. The van der Waals surface area contributed by atoms with Gasteiger partial charge in [0.2, 0.25) is 0 Å². The van der Waals surface area contributed by atoms with Crippen LogP contribution in [0.15, 0.2) is 59.5 Å². The molecule has 0 aliphatic heterocycles. The van der Waals surface area contributed by atoms with E-state index in [1.54, 1.807) is 18.2 Å². The lowest BCUT2D eigenvalue weighted by Gasteiger charge is -2.12. The third-order valence-corrected chi connectivity index (χ3v) is 6.33. The van der Waals surface area contributed by atoms with Crippen molar-refractivity contribution in [2.45, 2.75) is 22.5 Å². The molecule has 2 aromatic rings. The van der Waals surface area contributed by atoms with Crippen LogP contribution in [0.3, 0.4) is 0 Å². The maximum absolute atomic E-state index is 12.7. The van der Waals surface area contributed by atoms with Crippen LogP contribution in [0.1, 0.15) is 12.8 Å². The minimum Gasteiger partial charge on any atom is -0.478 e. The zero-order valence-corrected chi connectivity index (χ0v) is 12.0. The maximum atomic E-state index is 12.7. The third kappa shape index (κ3) is 2.34. The molecule has 1 aliphatic carbocycles. The molecule has 21 heavy (non-hydrogen) atoms. The number of carboxylic acids is 1. The lowest BCUT2D eigenvalue weighted by molar-refractivity contribution is -0.131. The molecule has 2 aromatic carbocycles. The van der Waals surface area contributed by atoms with Crippen LogP contribution in [0.2, 0.25) is 0 Å². The predicted octanol–water partition coefficient (Wildman–Crippen LogP) is 2.79. The van der Waals surface area contributed by atoms with Crippen molar-refractivity contribution in [2.24, 2.45) is 0 Å². The lowest BCUT2D eigenvalue weighted by atomic mass is 10.1. The van der Waals surface area contributed by atoms with Crippen LogP contribution in [0.4, 0.5) is 0 Å². The fourth-order valence-corrected chi connectivity index (χ4v) is 4.33. The Labute approximate surface area is 122 Å². The van der Waals surface area contributed by atoms with Gasteiger partial charge >= 0.3 is 5.97 Å². The van der Waals surface area contributed by atoms with Gasteiger partial charge in [0.15, 0.2) is 9.84 Å². The fourth-order valence-electron chi connectivity index (χ4n) is 2.44. The van der Waals surface area contributed by atoms with Crippen molar-refractivity contribution in [2.75, 3.05) is 0 Å². The van der Waals surface area contributed by atoms with E-state index in [1.165, 1.54) is 6.08 Å². The van der Waals surface area contributed by atoms with Gasteiger partial charge in [0.1, 0.15) is 0 Å². The molecule has 0 spiro atoms. The number of sulfone groups is 1.